The van der Waals surface area contributed by atoms with E-state index in [0.29, 0.717) is 6.42 Å². The van der Waals surface area contributed by atoms with E-state index in [1.165, 1.54) is 0 Å². The van der Waals surface area contributed by atoms with Gasteiger partial charge < -0.3 is 10.1 Å². The Balaban J connectivity index is 2.13. The lowest BCUT2D eigenvalue weighted by Crippen LogP contribution is -2.27. The standard InChI is InChI=1S/C11H9NO3/c13-7-10-9(12-11(14)15-10)6-8-4-2-1-3-5-8/h1-5,9H,6H2,(H,12,14). The van der Waals surface area contributed by atoms with Gasteiger partial charge in [-0.15, -0.1) is 0 Å². The highest BCUT2D eigenvalue weighted by Crippen LogP contribution is 2.14. The lowest BCUT2D eigenvalue weighted by Gasteiger charge is -2.06. The van der Waals surface area contributed by atoms with Crippen molar-refractivity contribution in [1.29, 1.82) is 0 Å². The Kier molecular flexibility index (Phi) is 2.52. The SMILES string of the molecule is O=C=C1OC(=O)NC1Cc1ccccc1. The Morgan fingerprint density at radius 3 is 2.73 bits per heavy atom. The van der Waals surface area contributed by atoms with Gasteiger partial charge in [0.1, 0.15) is 6.04 Å². The van der Waals surface area contributed by atoms with Gasteiger partial charge in [-0.05, 0) is 5.56 Å². The number of nitrogens with one attached hydrogen (secondary N) is 1. The number of carbonyl (C=O) groups excluding carboxylic acids is 2. The number of carbonyl (C=O) groups is 1. The number of hydrogen-bond donors (Lipinski definition) is 1. The third-order valence-corrected chi connectivity index (χ3v) is 2.19. The van der Waals surface area contributed by atoms with Crippen LogP contribution in [0.1, 0.15) is 5.56 Å². The smallest absolute Gasteiger partial charge is 0.401 e. The summed E-state index contributed by atoms with van der Waals surface area (Å²) >= 11 is 0. The van der Waals surface area contributed by atoms with E-state index in [0.717, 1.165) is 5.56 Å². The summed E-state index contributed by atoms with van der Waals surface area (Å²) in [5, 5.41) is 2.54. The van der Waals surface area contributed by atoms with Crippen molar-refractivity contribution in [2.24, 2.45) is 0 Å². The van der Waals surface area contributed by atoms with Gasteiger partial charge >= 0.3 is 6.09 Å². The van der Waals surface area contributed by atoms with Crippen LogP contribution >= 0.6 is 0 Å². The Morgan fingerprint density at radius 2 is 2.07 bits per heavy atom. The summed E-state index contributed by atoms with van der Waals surface area (Å²) in [6.45, 7) is 0. The summed E-state index contributed by atoms with van der Waals surface area (Å²) < 4.78 is 4.64. The van der Waals surface area contributed by atoms with Crippen LogP contribution in [0.3, 0.4) is 0 Å². The fourth-order valence-corrected chi connectivity index (χ4v) is 1.49. The molecule has 1 fully saturated rings. The Morgan fingerprint density at radius 1 is 1.33 bits per heavy atom. The summed E-state index contributed by atoms with van der Waals surface area (Å²) in [6.07, 6.45) is -0.0498. The van der Waals surface area contributed by atoms with E-state index in [-0.39, 0.29) is 5.76 Å². The predicted octanol–water partition coefficient (Wildman–Crippen LogP) is 1.05. The summed E-state index contributed by atoms with van der Waals surface area (Å²) in [4.78, 5) is 21.4. The van der Waals surface area contributed by atoms with Crippen LogP contribution < -0.4 is 5.32 Å². The van der Waals surface area contributed by atoms with E-state index in [1.807, 2.05) is 30.3 Å². The van der Waals surface area contributed by atoms with Crippen molar-refractivity contribution in [1.82, 2.24) is 5.32 Å². The van der Waals surface area contributed by atoms with E-state index < -0.39 is 12.1 Å². The molecular formula is C11H9NO3. The molecule has 15 heavy (non-hydrogen) atoms. The summed E-state index contributed by atoms with van der Waals surface area (Å²) in [5.74, 6) is 1.66. The van der Waals surface area contributed by atoms with Gasteiger partial charge in [-0.2, -0.15) is 0 Å². The Labute approximate surface area is 86.5 Å². The molecule has 1 aromatic carbocycles. The maximum Gasteiger partial charge on any atom is 0.413 e. The fraction of sp³-hybridized carbons (Fsp3) is 0.182. The van der Waals surface area contributed by atoms with Gasteiger partial charge in [0.2, 0.25) is 5.76 Å². The first-order chi connectivity index (χ1) is 7.29. The normalized spacial score (nSPS) is 19.3. The number of ether oxygens (including phenoxy) is 1. The maximum absolute atomic E-state index is 10.9. The second-order valence-corrected chi connectivity index (χ2v) is 3.24. The highest BCUT2D eigenvalue weighted by atomic mass is 16.6. The molecule has 1 aromatic rings. The van der Waals surface area contributed by atoms with E-state index in [9.17, 15) is 9.59 Å². The number of hydrogen-bond acceptors (Lipinski definition) is 3. The van der Waals surface area contributed by atoms with Crippen LogP contribution in [0.2, 0.25) is 0 Å². The van der Waals surface area contributed by atoms with Crippen LogP contribution in [0.15, 0.2) is 36.1 Å². The summed E-state index contributed by atoms with van der Waals surface area (Å²) in [7, 11) is 0. The summed E-state index contributed by atoms with van der Waals surface area (Å²) in [6, 6.07) is 9.16. The largest absolute Gasteiger partial charge is 0.413 e. The molecule has 1 unspecified atom stereocenters. The van der Waals surface area contributed by atoms with Gasteiger partial charge in [0.15, 0.2) is 5.94 Å². The van der Waals surface area contributed by atoms with Gasteiger partial charge in [-0.3, -0.25) is 0 Å². The second-order valence-electron chi connectivity index (χ2n) is 3.24. The lowest BCUT2D eigenvalue weighted by atomic mass is 10.1. The zero-order valence-corrected chi connectivity index (χ0v) is 7.90. The third-order valence-electron chi connectivity index (χ3n) is 2.19. The minimum atomic E-state index is -0.589. The van der Waals surface area contributed by atoms with Crippen molar-refractivity contribution >= 4 is 12.0 Å². The molecule has 0 spiro atoms. The molecule has 1 atom stereocenters. The van der Waals surface area contributed by atoms with Crippen LogP contribution in [0.25, 0.3) is 0 Å². The van der Waals surface area contributed by atoms with Crippen LogP contribution in [-0.4, -0.2) is 18.1 Å². The van der Waals surface area contributed by atoms with Crippen molar-refractivity contribution < 1.29 is 14.3 Å². The number of cyclic esters (lactones) is 1. The molecule has 1 amide bonds. The van der Waals surface area contributed by atoms with Gasteiger partial charge in [-0.25, -0.2) is 9.59 Å². The first kappa shape index (κ1) is 9.49. The molecule has 1 saturated heterocycles. The van der Waals surface area contributed by atoms with Crippen molar-refractivity contribution in [2.75, 3.05) is 0 Å². The molecule has 76 valence electrons. The highest BCUT2D eigenvalue weighted by Gasteiger charge is 2.29. The molecule has 4 heteroatoms. The quantitative estimate of drug-likeness (QED) is 0.731. The van der Waals surface area contributed by atoms with Gasteiger partial charge in [0.05, 0.1) is 0 Å². The van der Waals surface area contributed by atoms with E-state index >= 15 is 0 Å². The molecule has 0 radical (unpaired) electrons. The number of amides is 1. The summed E-state index contributed by atoms with van der Waals surface area (Å²) in [5.41, 5.74) is 1.03. The molecule has 1 N–H and O–H groups in total. The number of benzene rings is 1. The molecule has 0 aromatic heterocycles. The van der Waals surface area contributed by atoms with Crippen molar-refractivity contribution in [3.05, 3.63) is 41.7 Å². The van der Waals surface area contributed by atoms with E-state index in [2.05, 4.69) is 10.1 Å². The molecular weight excluding hydrogens is 194 g/mol. The zero-order chi connectivity index (χ0) is 10.7. The molecule has 1 aliphatic heterocycles. The Hall–Kier alpha value is -2.06. The highest BCUT2D eigenvalue weighted by molar-refractivity contribution is 5.76. The minimum absolute atomic E-state index is 0.0313. The average Bonchev–Trinajstić information content (AvgIpc) is 2.60. The van der Waals surface area contributed by atoms with Crippen LogP contribution in [-0.2, 0) is 16.0 Å². The van der Waals surface area contributed by atoms with Crippen molar-refractivity contribution in [3.63, 3.8) is 0 Å². The molecule has 0 saturated carbocycles. The van der Waals surface area contributed by atoms with Crippen LogP contribution in [0, 0.1) is 0 Å². The number of alkyl carbamates (subject to hydrolysis) is 1. The van der Waals surface area contributed by atoms with Crippen molar-refractivity contribution in [2.45, 2.75) is 12.5 Å². The first-order valence-electron chi connectivity index (χ1n) is 4.57. The Bertz CT molecular complexity index is 421. The van der Waals surface area contributed by atoms with E-state index in [1.54, 1.807) is 5.94 Å². The molecule has 2 rings (SSSR count). The third kappa shape index (κ3) is 2.06. The molecule has 4 nitrogen and oxygen atoms in total. The maximum atomic E-state index is 10.9. The van der Waals surface area contributed by atoms with Crippen LogP contribution in [0.4, 0.5) is 4.79 Å². The predicted molar refractivity (Wildman–Crippen MR) is 52.8 cm³/mol. The molecule has 1 aliphatic rings. The molecule has 1 heterocycles. The minimum Gasteiger partial charge on any atom is -0.401 e. The van der Waals surface area contributed by atoms with Gasteiger partial charge in [-0.1, -0.05) is 30.3 Å². The topological polar surface area (TPSA) is 55.4 Å². The van der Waals surface area contributed by atoms with Crippen LogP contribution in [0.5, 0.6) is 0 Å². The number of rotatable bonds is 2. The zero-order valence-electron chi connectivity index (χ0n) is 7.90. The molecule has 0 aliphatic carbocycles. The van der Waals surface area contributed by atoms with Gasteiger partial charge in [0, 0.05) is 6.42 Å². The van der Waals surface area contributed by atoms with E-state index in [4.69, 9.17) is 0 Å². The second kappa shape index (κ2) is 3.98. The molecule has 0 bridgehead atoms. The van der Waals surface area contributed by atoms with Crippen molar-refractivity contribution in [3.8, 4) is 0 Å². The average molecular weight is 203 g/mol. The first-order valence-corrected chi connectivity index (χ1v) is 4.57. The van der Waals surface area contributed by atoms with Gasteiger partial charge in [0.25, 0.3) is 0 Å². The fourth-order valence-electron chi connectivity index (χ4n) is 1.49. The monoisotopic (exact) mass is 203 g/mol. The lowest BCUT2D eigenvalue weighted by molar-refractivity contribution is 0.195.